The van der Waals surface area contributed by atoms with Crippen LogP contribution in [-0.4, -0.2) is 134 Å². The van der Waals surface area contributed by atoms with E-state index in [-0.39, 0.29) is 171 Å². The quantitative estimate of drug-likeness (QED) is 0.0849. The van der Waals surface area contributed by atoms with Gasteiger partial charge in [-0.05, 0) is 81.9 Å². The van der Waals surface area contributed by atoms with Crippen LogP contribution >= 0.6 is 0 Å². The van der Waals surface area contributed by atoms with Crippen molar-refractivity contribution in [2.24, 2.45) is 0 Å². The Balaban J connectivity index is -0.0000000206. The van der Waals surface area contributed by atoms with Gasteiger partial charge in [0, 0.05) is 115 Å². The van der Waals surface area contributed by atoms with Crippen LogP contribution < -0.4 is 9.97 Å². The van der Waals surface area contributed by atoms with Gasteiger partial charge in [0.25, 0.3) is 0 Å². The number of nitrogens with one attached hydrogen (secondary N) is 2. The normalized spacial score (nSPS) is 7.77. The third-order valence-corrected chi connectivity index (χ3v) is 5.72. The molecule has 0 fully saturated rings. The fourth-order valence-electron chi connectivity index (χ4n) is 3.50. The maximum absolute atomic E-state index is 8.52. The van der Waals surface area contributed by atoms with Crippen LogP contribution in [0.2, 0.25) is 0 Å². The van der Waals surface area contributed by atoms with Gasteiger partial charge in [-0.2, -0.15) is 0 Å². The van der Waals surface area contributed by atoms with Gasteiger partial charge in [0.1, 0.15) is 0 Å². The predicted molar refractivity (Wildman–Crippen MR) is 309 cm³/mol. The molecule has 0 aliphatic rings. The summed E-state index contributed by atoms with van der Waals surface area (Å²) >= 11 is 0. The van der Waals surface area contributed by atoms with Crippen LogP contribution in [0.4, 0.5) is 0 Å². The molecular weight excluding hydrogens is 1430 g/mol. The minimum absolute atomic E-state index is 0. The van der Waals surface area contributed by atoms with Crippen LogP contribution in [0.15, 0.2) is 147 Å². The standard InChI is InChI=1S/3C12H10N2.3Co.4H2O4S.22H2O/c3*1(11-3-7-13-8-4-11)2-12-5-9-14-10-6-12;;;;4*1-5(2,3)4;;;;;;;;;;;;;;;;;;;;;;/h3*1-10H;;;;4*(H2,1,2,3,4);22*1H2/q;;;3*+2;;;;;;;;;;;;;;;;;;;;;;;;;;/p+8/b3*2-1+;;;;;;;;;;;;;;;;;;;;;;;;;;;;;. The van der Waals surface area contributed by atoms with Crippen molar-refractivity contribution in [2.75, 3.05) is 0 Å². The van der Waals surface area contributed by atoms with Gasteiger partial charge in [0.2, 0.25) is 0 Å². The zero-order valence-electron chi connectivity index (χ0n) is 44.4. The van der Waals surface area contributed by atoms with Crippen LogP contribution in [0.3, 0.4) is 0 Å². The first-order chi connectivity index (χ1) is 28.8. The van der Waals surface area contributed by atoms with Crippen molar-refractivity contribution >= 4 is 78.1 Å². The molecule has 0 saturated carbocycles. The van der Waals surface area contributed by atoms with E-state index in [1.807, 2.05) is 97.6 Å². The van der Waals surface area contributed by atoms with E-state index < -0.39 is 41.6 Å². The summed E-state index contributed by atoms with van der Waals surface area (Å²) in [6.07, 6.45) is 34.3. The topological polar surface area (TPSA) is 1110 Å². The van der Waals surface area contributed by atoms with E-state index in [0.717, 1.165) is 22.3 Å². The molecule has 0 aliphatic carbocycles. The number of nitrogens with zero attached hydrogens (tertiary/aromatic N) is 4. The zero-order chi connectivity index (χ0) is 46.9. The summed E-state index contributed by atoms with van der Waals surface area (Å²) < 4.78 is 136. The van der Waals surface area contributed by atoms with E-state index in [9.17, 15) is 0 Å². The minimum Gasteiger partial charge on any atom is -0.759 e. The summed E-state index contributed by atoms with van der Waals surface area (Å²) in [4.78, 5) is 21.8. The molecule has 0 bridgehead atoms. The fourth-order valence-corrected chi connectivity index (χ4v) is 3.50. The minimum atomic E-state index is -5.17. The summed E-state index contributed by atoms with van der Waals surface area (Å²) in [7, 11) is -20.7. The third kappa shape index (κ3) is 150. The molecule has 0 atom stereocenters. The zero-order valence-corrected chi connectivity index (χ0v) is 50.7. The van der Waals surface area contributed by atoms with Gasteiger partial charge in [-0.25, -0.2) is 9.97 Å². The molecule has 0 unspecified atom stereocenters. The maximum Gasteiger partial charge on any atom is 2.00 e. The van der Waals surface area contributed by atoms with Gasteiger partial charge < -0.3 is 157 Å². The number of hydrogen-bond donors (Lipinski definition) is 0. The third-order valence-electron chi connectivity index (χ3n) is 5.72. The maximum atomic E-state index is 8.52. The number of aromatic nitrogens is 6. The molecule has 0 amide bonds. The first-order valence-corrected chi connectivity index (χ1v) is 21.4. The second-order valence-corrected chi connectivity index (χ2v) is 13.7. The number of hydrogen-bond acceptors (Lipinski definition) is 20. The summed E-state index contributed by atoms with van der Waals surface area (Å²) in [5.74, 6) is 0. The largest absolute Gasteiger partial charge is 2.00 e. The second-order valence-electron chi connectivity index (χ2n) is 10.4. The predicted octanol–water partition coefficient (Wildman–Crippen LogP) is -18.1. The van der Waals surface area contributed by atoms with Gasteiger partial charge in [-0.1, -0.05) is 36.5 Å². The first-order valence-electron chi connectivity index (χ1n) is 16.1. The van der Waals surface area contributed by atoms with Crippen LogP contribution in [0.1, 0.15) is 33.4 Å². The molecule has 0 aliphatic heterocycles. The number of aromatic amines is 2. The molecule has 87 heavy (non-hydrogen) atoms. The van der Waals surface area contributed by atoms with Crippen molar-refractivity contribution in [2.45, 2.75) is 0 Å². The SMILES string of the molecule is C(=C\c1cc[nH+]cc1)/c1ccncc1.C(=C\c1cc[nH+]cc1)/c1ccncc1.C(=C\c1ccncc1)/c1ccncc1.O.O.O.O.O.O.O.O.O=S(=O)([O-])[O-].O=S(=O)([O-])[O-].O=S(=O)([O-])[O-].O=S(=O)([O-])[O-].[Co+2].[Co+2].[Co+2].[OH3+].[OH3+].[OH3+].[OH3+].[OH3+].[OH3+].[OH3+].[OH3+].[OH3+].[OH3+].[OH3+].[OH3+].[OH3+].[OH3+]. The molecule has 0 saturated heterocycles. The molecule has 529 valence electrons. The Hall–Kier alpha value is -5.76. The Morgan fingerprint density at radius 3 is 0.437 bits per heavy atom. The molecule has 0 spiro atoms. The molecule has 51 heteroatoms. The average Bonchev–Trinajstić information content (AvgIpc) is 3.19. The molecule has 44 nitrogen and oxygen atoms in total. The molecule has 3 radical (unpaired) electrons. The van der Waals surface area contributed by atoms with Crippen LogP contribution in [-0.2, 0) is 169 Å². The van der Waals surface area contributed by atoms with Crippen molar-refractivity contribution in [3.63, 3.8) is 0 Å². The average molecular weight is 1520 g/mol. The van der Waals surface area contributed by atoms with Gasteiger partial charge in [0.15, 0.2) is 24.8 Å². The van der Waals surface area contributed by atoms with Crippen LogP contribution in [0.25, 0.3) is 36.5 Å². The Labute approximate surface area is 526 Å². The van der Waals surface area contributed by atoms with Gasteiger partial charge >= 0.3 is 50.3 Å². The Bertz CT molecular complexity index is 2210. The number of H-pyrrole nitrogens is 2. The Morgan fingerprint density at radius 2 is 0.333 bits per heavy atom. The van der Waals surface area contributed by atoms with Crippen molar-refractivity contribution < 1.29 is 251 Å². The molecule has 6 aromatic heterocycles. The monoisotopic (exact) mass is 1520 g/mol. The molecule has 6 aromatic rings. The van der Waals surface area contributed by atoms with Crippen LogP contribution in [0.5, 0.6) is 0 Å². The molecular formula is C36H90Co3N6O38S4+14. The Kier molecular flexibility index (Phi) is 190. The smallest absolute Gasteiger partial charge is 0.759 e. The van der Waals surface area contributed by atoms with E-state index in [2.05, 4.69) is 66.4 Å². The van der Waals surface area contributed by atoms with Crippen molar-refractivity contribution in [3.8, 4) is 0 Å². The van der Waals surface area contributed by atoms with E-state index >= 15 is 0 Å². The molecule has 60 N–H and O–H groups in total. The van der Waals surface area contributed by atoms with E-state index in [4.69, 9.17) is 70.1 Å². The van der Waals surface area contributed by atoms with Gasteiger partial charge in [-0.15, -0.1) is 0 Å². The van der Waals surface area contributed by atoms with Crippen LogP contribution in [0, 0.1) is 0 Å². The van der Waals surface area contributed by atoms with Crippen molar-refractivity contribution in [3.05, 3.63) is 181 Å². The summed E-state index contributed by atoms with van der Waals surface area (Å²) in [5.41, 5.74) is 6.98. The summed E-state index contributed by atoms with van der Waals surface area (Å²) in [6, 6.07) is 23.9. The second kappa shape index (κ2) is 96.5. The van der Waals surface area contributed by atoms with Gasteiger partial charge in [-0.3, -0.25) is 53.6 Å². The molecule has 6 rings (SSSR count). The van der Waals surface area contributed by atoms with Gasteiger partial charge in [0.05, 0.1) is 0 Å². The Morgan fingerprint density at radius 1 is 0.241 bits per heavy atom. The summed E-state index contributed by atoms with van der Waals surface area (Å²) in [6.45, 7) is 0. The van der Waals surface area contributed by atoms with E-state index in [0.29, 0.717) is 0 Å². The fraction of sp³-hybridized carbons (Fsp3) is 0. The summed E-state index contributed by atoms with van der Waals surface area (Å²) in [5, 5.41) is 0. The number of rotatable bonds is 6. The van der Waals surface area contributed by atoms with Crippen molar-refractivity contribution in [1.29, 1.82) is 0 Å². The van der Waals surface area contributed by atoms with Crippen molar-refractivity contribution in [1.82, 2.24) is 19.9 Å². The molecule has 6 heterocycles. The van der Waals surface area contributed by atoms with E-state index in [1.54, 1.807) is 49.6 Å². The first kappa shape index (κ1) is 171. The van der Waals surface area contributed by atoms with E-state index in [1.165, 1.54) is 11.1 Å². The number of pyridine rings is 6. The molecule has 0 aromatic carbocycles.